The molecule has 0 spiro atoms. The number of halogens is 3. The summed E-state index contributed by atoms with van der Waals surface area (Å²) in [7, 11) is 0. The van der Waals surface area contributed by atoms with E-state index in [0.717, 1.165) is 15.7 Å². The topological polar surface area (TPSA) is 64.7 Å². The van der Waals surface area contributed by atoms with Gasteiger partial charge >= 0.3 is 0 Å². The lowest BCUT2D eigenvalue weighted by atomic mass is 10.2. The number of amides is 1. The van der Waals surface area contributed by atoms with E-state index < -0.39 is 0 Å². The number of benzene rings is 1. The van der Waals surface area contributed by atoms with Crippen LogP contribution in [-0.2, 0) is 17.9 Å². The molecule has 0 fully saturated rings. The average Bonchev–Trinajstić information content (AvgIpc) is 3.15. The van der Waals surface area contributed by atoms with Gasteiger partial charge in [0.15, 0.2) is 0 Å². The lowest BCUT2D eigenvalue weighted by Crippen LogP contribution is -2.14. The molecule has 0 aliphatic carbocycles. The van der Waals surface area contributed by atoms with Crippen molar-refractivity contribution in [2.45, 2.75) is 26.4 Å². The molecule has 1 N–H and O–H groups in total. The number of aryl methyl sites for hydroxylation is 2. The quantitative estimate of drug-likeness (QED) is 0.630. The van der Waals surface area contributed by atoms with Crippen molar-refractivity contribution in [3.05, 3.63) is 63.4 Å². The van der Waals surface area contributed by atoms with Gasteiger partial charge in [-0.3, -0.25) is 14.2 Å². The van der Waals surface area contributed by atoms with E-state index in [-0.39, 0.29) is 11.7 Å². The van der Waals surface area contributed by atoms with Crippen molar-refractivity contribution >= 4 is 39.1 Å². The van der Waals surface area contributed by atoms with Gasteiger partial charge in [0.2, 0.25) is 5.91 Å². The maximum Gasteiger partial charge on any atom is 0.226 e. The molecule has 0 unspecified atom stereocenters. The Morgan fingerprint density at radius 2 is 2.15 bits per heavy atom. The lowest BCUT2D eigenvalue weighted by molar-refractivity contribution is -0.116. The Hall–Kier alpha value is -2.19. The molecule has 3 rings (SSSR count). The number of nitrogens with one attached hydrogen (secondary N) is 1. The molecule has 9 heteroatoms. The fourth-order valence-corrected chi connectivity index (χ4v) is 2.93. The molecular formula is C17H16BrClFN5O. The number of hydrogen-bond acceptors (Lipinski definition) is 3. The summed E-state index contributed by atoms with van der Waals surface area (Å²) < 4.78 is 17.4. The fourth-order valence-electron chi connectivity index (χ4n) is 2.39. The first-order valence-electron chi connectivity index (χ1n) is 7.86. The third-order valence-corrected chi connectivity index (χ3v) is 4.85. The number of rotatable bonds is 6. The van der Waals surface area contributed by atoms with Gasteiger partial charge in [-0.05, 0) is 40.5 Å². The standard InChI is InChI=1S/C17H16BrClFN5O/c1-11-15(18)10-24(23-11)5-4-17(26)22-14-7-21-25(9-14)8-12-2-3-13(20)6-16(12)19/h2-3,6-7,9-10H,4-5,8H2,1H3,(H,22,26). The highest BCUT2D eigenvalue weighted by atomic mass is 79.9. The van der Waals surface area contributed by atoms with Crippen molar-refractivity contribution in [3.63, 3.8) is 0 Å². The van der Waals surface area contributed by atoms with Crippen LogP contribution in [0.2, 0.25) is 5.02 Å². The van der Waals surface area contributed by atoms with Gasteiger partial charge in [-0.1, -0.05) is 17.7 Å². The second kappa shape index (κ2) is 8.01. The van der Waals surface area contributed by atoms with Crippen molar-refractivity contribution in [2.75, 3.05) is 5.32 Å². The lowest BCUT2D eigenvalue weighted by Gasteiger charge is -2.05. The average molecular weight is 441 g/mol. The summed E-state index contributed by atoms with van der Waals surface area (Å²) >= 11 is 9.41. The molecule has 0 aliphatic heterocycles. The second-order valence-electron chi connectivity index (χ2n) is 5.79. The van der Waals surface area contributed by atoms with Gasteiger partial charge in [-0.2, -0.15) is 10.2 Å². The van der Waals surface area contributed by atoms with Gasteiger partial charge in [0.05, 0.1) is 28.6 Å². The molecule has 0 bridgehead atoms. The Labute approximate surface area is 163 Å². The number of carbonyl (C=O) groups is 1. The van der Waals surface area contributed by atoms with Gasteiger partial charge in [0.1, 0.15) is 5.82 Å². The highest BCUT2D eigenvalue weighted by molar-refractivity contribution is 9.10. The zero-order valence-corrected chi connectivity index (χ0v) is 16.3. The summed E-state index contributed by atoms with van der Waals surface area (Å²) in [6.45, 7) is 2.76. The maximum absolute atomic E-state index is 13.1. The van der Waals surface area contributed by atoms with E-state index >= 15 is 0 Å². The van der Waals surface area contributed by atoms with Gasteiger partial charge < -0.3 is 5.32 Å². The number of anilines is 1. The van der Waals surface area contributed by atoms with E-state index in [1.807, 2.05) is 13.1 Å². The van der Waals surface area contributed by atoms with Crippen molar-refractivity contribution in [3.8, 4) is 0 Å². The molecule has 26 heavy (non-hydrogen) atoms. The van der Waals surface area contributed by atoms with Crippen LogP contribution in [0.3, 0.4) is 0 Å². The summed E-state index contributed by atoms with van der Waals surface area (Å²) in [5.74, 6) is -0.514. The van der Waals surface area contributed by atoms with Crippen LogP contribution in [-0.4, -0.2) is 25.5 Å². The molecule has 6 nitrogen and oxygen atoms in total. The van der Waals surface area contributed by atoms with Gasteiger partial charge in [0, 0.05) is 30.4 Å². The third-order valence-electron chi connectivity index (χ3n) is 3.72. The largest absolute Gasteiger partial charge is 0.323 e. The van der Waals surface area contributed by atoms with Crippen molar-refractivity contribution in [1.29, 1.82) is 0 Å². The summed E-state index contributed by atoms with van der Waals surface area (Å²) in [6.07, 6.45) is 5.39. The molecule has 1 aromatic carbocycles. The molecule has 2 aromatic heterocycles. The van der Waals surface area contributed by atoms with Gasteiger partial charge in [-0.15, -0.1) is 0 Å². The smallest absolute Gasteiger partial charge is 0.226 e. The predicted molar refractivity (Wildman–Crippen MR) is 101 cm³/mol. The first-order chi connectivity index (χ1) is 12.4. The zero-order valence-electron chi connectivity index (χ0n) is 13.9. The minimum Gasteiger partial charge on any atom is -0.323 e. The number of aromatic nitrogens is 4. The van der Waals surface area contributed by atoms with E-state index in [9.17, 15) is 9.18 Å². The van der Waals surface area contributed by atoms with Crippen molar-refractivity contribution < 1.29 is 9.18 Å². The van der Waals surface area contributed by atoms with E-state index in [4.69, 9.17) is 11.6 Å². The number of nitrogens with zero attached hydrogens (tertiary/aromatic N) is 4. The Morgan fingerprint density at radius 1 is 1.35 bits per heavy atom. The molecule has 0 aliphatic rings. The Balaban J connectivity index is 1.55. The van der Waals surface area contributed by atoms with Crippen LogP contribution in [0.15, 0.2) is 41.3 Å². The number of carbonyl (C=O) groups excluding carboxylic acids is 1. The third kappa shape index (κ3) is 4.70. The monoisotopic (exact) mass is 439 g/mol. The van der Waals surface area contributed by atoms with Crippen LogP contribution in [0, 0.1) is 12.7 Å². The van der Waals surface area contributed by atoms with Crippen molar-refractivity contribution in [2.24, 2.45) is 0 Å². The predicted octanol–water partition coefficient (Wildman–Crippen LogP) is 4.02. The Kier molecular flexibility index (Phi) is 5.73. The summed E-state index contributed by atoms with van der Waals surface area (Å²) in [6, 6.07) is 4.23. The molecule has 0 saturated carbocycles. The van der Waals surface area contributed by atoms with E-state index in [0.29, 0.717) is 30.2 Å². The fraction of sp³-hybridized carbons (Fsp3) is 0.235. The van der Waals surface area contributed by atoms with Crippen LogP contribution in [0.25, 0.3) is 0 Å². The molecule has 0 atom stereocenters. The molecule has 2 heterocycles. The molecule has 136 valence electrons. The van der Waals surface area contributed by atoms with Crippen LogP contribution in [0.4, 0.5) is 10.1 Å². The molecule has 0 saturated heterocycles. The highest BCUT2D eigenvalue weighted by Gasteiger charge is 2.08. The van der Waals surface area contributed by atoms with Gasteiger partial charge in [0.25, 0.3) is 0 Å². The highest BCUT2D eigenvalue weighted by Crippen LogP contribution is 2.19. The summed E-state index contributed by atoms with van der Waals surface area (Å²) in [5.41, 5.74) is 2.21. The second-order valence-corrected chi connectivity index (χ2v) is 7.05. The maximum atomic E-state index is 13.1. The number of hydrogen-bond donors (Lipinski definition) is 1. The van der Waals surface area contributed by atoms with E-state index in [2.05, 4.69) is 31.4 Å². The first kappa shape index (κ1) is 18.6. The summed E-state index contributed by atoms with van der Waals surface area (Å²) in [5, 5.41) is 11.6. The van der Waals surface area contributed by atoms with E-state index in [1.165, 1.54) is 12.1 Å². The molecule has 3 aromatic rings. The Morgan fingerprint density at radius 3 is 2.85 bits per heavy atom. The Bertz CT molecular complexity index is 920. The summed E-state index contributed by atoms with van der Waals surface area (Å²) in [4.78, 5) is 12.1. The first-order valence-corrected chi connectivity index (χ1v) is 9.03. The molecule has 0 radical (unpaired) electrons. The SMILES string of the molecule is Cc1nn(CCC(=O)Nc2cnn(Cc3ccc(F)cc3Cl)c2)cc1Br. The normalized spacial score (nSPS) is 10.9. The van der Waals surface area contributed by atoms with Crippen LogP contribution in [0.1, 0.15) is 17.7 Å². The van der Waals surface area contributed by atoms with Crippen LogP contribution in [0.5, 0.6) is 0 Å². The van der Waals surface area contributed by atoms with Crippen molar-refractivity contribution in [1.82, 2.24) is 19.6 Å². The van der Waals surface area contributed by atoms with Gasteiger partial charge in [-0.25, -0.2) is 4.39 Å². The zero-order chi connectivity index (χ0) is 18.7. The van der Waals surface area contributed by atoms with E-state index in [1.54, 1.807) is 27.8 Å². The molecule has 1 amide bonds. The van der Waals surface area contributed by atoms with Crippen LogP contribution >= 0.6 is 27.5 Å². The minimum atomic E-state index is -0.383. The molecular weight excluding hydrogens is 425 g/mol. The minimum absolute atomic E-state index is 0.131. The van der Waals surface area contributed by atoms with Crippen LogP contribution < -0.4 is 5.32 Å².